The maximum Gasteiger partial charge on any atom is 0.302 e. The number of ether oxygens (including phenoxy) is 1. The van der Waals surface area contributed by atoms with Crippen LogP contribution >= 0.6 is 0 Å². The predicted octanol–water partition coefficient (Wildman–Crippen LogP) is 2.32. The van der Waals surface area contributed by atoms with E-state index in [-0.39, 0.29) is 18.0 Å². The average molecular weight is 168 g/mol. The van der Waals surface area contributed by atoms with Gasteiger partial charge in [0, 0.05) is 12.8 Å². The minimum absolute atomic E-state index is 0.131. The smallest absolute Gasteiger partial charge is 0.302 e. The van der Waals surface area contributed by atoms with Crippen molar-refractivity contribution in [1.82, 2.24) is 0 Å². The fourth-order valence-electron chi connectivity index (χ4n) is 0.851. The van der Waals surface area contributed by atoms with E-state index in [2.05, 4.69) is 13.2 Å². The molecule has 68 valence electrons. The topological polar surface area (TPSA) is 26.3 Å². The lowest BCUT2D eigenvalue weighted by Gasteiger charge is -2.19. The van der Waals surface area contributed by atoms with Crippen molar-refractivity contribution in [2.45, 2.75) is 26.9 Å². The Morgan fingerprint density at radius 1 is 1.50 bits per heavy atom. The molecule has 12 heavy (non-hydrogen) atoms. The van der Waals surface area contributed by atoms with Gasteiger partial charge in [0.15, 0.2) is 0 Å². The summed E-state index contributed by atoms with van der Waals surface area (Å²) in [6, 6.07) is 0. The molecule has 0 bridgehead atoms. The molecule has 0 saturated heterocycles. The molecular weight excluding hydrogens is 152 g/mol. The molecule has 0 aromatic rings. The molecule has 0 aromatic carbocycles. The van der Waals surface area contributed by atoms with E-state index in [1.807, 2.05) is 13.8 Å². The van der Waals surface area contributed by atoms with Crippen LogP contribution in [0.2, 0.25) is 0 Å². The number of hydrogen-bond acceptors (Lipinski definition) is 2. The van der Waals surface area contributed by atoms with Crippen LogP contribution in [-0.4, -0.2) is 12.1 Å². The molecule has 0 heterocycles. The van der Waals surface area contributed by atoms with Gasteiger partial charge in [0.2, 0.25) is 0 Å². The highest BCUT2D eigenvalue weighted by molar-refractivity contribution is 5.66. The van der Waals surface area contributed by atoms with Crippen molar-refractivity contribution >= 4 is 5.97 Å². The van der Waals surface area contributed by atoms with Gasteiger partial charge in [-0.15, -0.1) is 0 Å². The fourth-order valence-corrected chi connectivity index (χ4v) is 0.851. The van der Waals surface area contributed by atoms with E-state index in [4.69, 9.17) is 4.74 Å². The molecule has 0 aliphatic heterocycles. The van der Waals surface area contributed by atoms with Gasteiger partial charge in [0.25, 0.3) is 0 Å². The van der Waals surface area contributed by atoms with Crippen LogP contribution in [0.3, 0.4) is 0 Å². The van der Waals surface area contributed by atoms with E-state index in [0.29, 0.717) is 0 Å². The van der Waals surface area contributed by atoms with Gasteiger partial charge in [-0.1, -0.05) is 26.2 Å². The zero-order valence-corrected chi connectivity index (χ0v) is 7.96. The summed E-state index contributed by atoms with van der Waals surface area (Å²) in [4.78, 5) is 10.6. The van der Waals surface area contributed by atoms with Crippen LogP contribution in [-0.2, 0) is 9.53 Å². The van der Waals surface area contributed by atoms with Crippen molar-refractivity contribution in [2.75, 3.05) is 0 Å². The van der Waals surface area contributed by atoms with Crippen LogP contribution in [0, 0.1) is 5.92 Å². The van der Waals surface area contributed by atoms with Gasteiger partial charge in [-0.05, 0) is 12.5 Å². The van der Waals surface area contributed by atoms with Gasteiger partial charge in [-0.2, -0.15) is 0 Å². The van der Waals surface area contributed by atoms with Gasteiger partial charge in [-0.3, -0.25) is 4.79 Å². The molecule has 2 nitrogen and oxygen atoms in total. The third-order valence-electron chi connectivity index (χ3n) is 1.90. The van der Waals surface area contributed by atoms with Crippen LogP contribution in [0.4, 0.5) is 0 Å². The summed E-state index contributed by atoms with van der Waals surface area (Å²) >= 11 is 0. The lowest BCUT2D eigenvalue weighted by Crippen LogP contribution is -2.21. The van der Waals surface area contributed by atoms with Crippen molar-refractivity contribution in [3.8, 4) is 0 Å². The Morgan fingerprint density at radius 2 is 2.00 bits per heavy atom. The zero-order chi connectivity index (χ0) is 9.72. The zero-order valence-electron chi connectivity index (χ0n) is 7.96. The number of hydrogen-bond donors (Lipinski definition) is 0. The normalized spacial score (nSPS) is 14.6. The molecule has 0 saturated carbocycles. The Kier molecular flexibility index (Phi) is 4.34. The Labute approximate surface area is 73.9 Å². The monoisotopic (exact) mass is 168 g/mol. The standard InChI is InChI=1S/C10H16O2/c1-6-7(2)8(3)9(4)12-10(5)11/h6,8-9H,1-2H2,3-5H3/t8-,9+/m1/s1. The molecule has 2 atom stereocenters. The van der Waals surface area contributed by atoms with Crippen LogP contribution in [0.5, 0.6) is 0 Å². The highest BCUT2D eigenvalue weighted by atomic mass is 16.5. The van der Waals surface area contributed by atoms with E-state index >= 15 is 0 Å². The van der Waals surface area contributed by atoms with Gasteiger partial charge in [0.1, 0.15) is 6.10 Å². The first-order chi connectivity index (χ1) is 5.49. The predicted molar refractivity (Wildman–Crippen MR) is 49.7 cm³/mol. The quantitative estimate of drug-likeness (QED) is 0.475. The summed E-state index contributed by atoms with van der Waals surface area (Å²) in [6.45, 7) is 12.6. The summed E-state index contributed by atoms with van der Waals surface area (Å²) in [5.74, 6) is -0.127. The van der Waals surface area contributed by atoms with E-state index in [9.17, 15) is 4.79 Å². The molecule has 0 N–H and O–H groups in total. The highest BCUT2D eigenvalue weighted by Crippen LogP contribution is 2.16. The van der Waals surface area contributed by atoms with Crippen molar-refractivity contribution in [3.05, 3.63) is 24.8 Å². The minimum Gasteiger partial charge on any atom is -0.462 e. The molecule has 0 aromatic heterocycles. The van der Waals surface area contributed by atoms with Crippen LogP contribution in [0.1, 0.15) is 20.8 Å². The number of allylic oxidation sites excluding steroid dienone is 1. The minimum atomic E-state index is -0.258. The Bertz CT molecular complexity index is 194. The maximum atomic E-state index is 10.6. The Morgan fingerprint density at radius 3 is 2.33 bits per heavy atom. The lowest BCUT2D eigenvalue weighted by atomic mass is 9.97. The number of carbonyl (C=O) groups excluding carboxylic acids is 1. The van der Waals surface area contributed by atoms with E-state index in [0.717, 1.165) is 5.57 Å². The molecule has 0 rings (SSSR count). The van der Waals surface area contributed by atoms with Gasteiger partial charge in [0.05, 0.1) is 0 Å². The number of esters is 1. The lowest BCUT2D eigenvalue weighted by molar-refractivity contribution is -0.147. The molecular formula is C10H16O2. The first kappa shape index (κ1) is 11.0. The van der Waals surface area contributed by atoms with E-state index in [1.54, 1.807) is 6.08 Å². The molecule has 0 spiro atoms. The summed E-state index contributed by atoms with van der Waals surface area (Å²) in [6.07, 6.45) is 1.55. The molecule has 0 aliphatic carbocycles. The largest absolute Gasteiger partial charge is 0.462 e. The van der Waals surface area contributed by atoms with Crippen LogP contribution < -0.4 is 0 Å². The summed E-state index contributed by atoms with van der Waals surface area (Å²) < 4.78 is 4.99. The third kappa shape index (κ3) is 3.37. The molecule has 0 radical (unpaired) electrons. The second kappa shape index (κ2) is 4.75. The van der Waals surface area contributed by atoms with Gasteiger partial charge < -0.3 is 4.74 Å². The first-order valence-corrected chi connectivity index (χ1v) is 3.97. The summed E-state index contributed by atoms with van der Waals surface area (Å²) in [5.41, 5.74) is 0.892. The van der Waals surface area contributed by atoms with Gasteiger partial charge >= 0.3 is 5.97 Å². The highest BCUT2D eigenvalue weighted by Gasteiger charge is 2.15. The van der Waals surface area contributed by atoms with Crippen molar-refractivity contribution < 1.29 is 9.53 Å². The SMILES string of the molecule is C=CC(=C)[C@@H](C)[C@H](C)OC(C)=O. The summed E-state index contributed by atoms with van der Waals surface area (Å²) in [5, 5.41) is 0. The summed E-state index contributed by atoms with van der Waals surface area (Å²) in [7, 11) is 0. The van der Waals surface area contributed by atoms with Crippen LogP contribution in [0.25, 0.3) is 0 Å². The van der Waals surface area contributed by atoms with E-state index < -0.39 is 0 Å². The second-order valence-electron chi connectivity index (χ2n) is 2.88. The van der Waals surface area contributed by atoms with Gasteiger partial charge in [-0.25, -0.2) is 0 Å². The molecule has 2 heteroatoms. The Hall–Kier alpha value is -1.05. The molecule has 0 amide bonds. The maximum absolute atomic E-state index is 10.6. The third-order valence-corrected chi connectivity index (χ3v) is 1.90. The molecule has 0 aliphatic rings. The van der Waals surface area contributed by atoms with Crippen molar-refractivity contribution in [2.24, 2.45) is 5.92 Å². The molecule has 0 fully saturated rings. The molecule has 0 unspecified atom stereocenters. The number of carbonyl (C=O) groups is 1. The van der Waals surface area contributed by atoms with E-state index in [1.165, 1.54) is 6.92 Å². The van der Waals surface area contributed by atoms with Crippen LogP contribution in [0.15, 0.2) is 24.8 Å². The second-order valence-corrected chi connectivity index (χ2v) is 2.88. The fraction of sp³-hybridized carbons (Fsp3) is 0.500. The first-order valence-electron chi connectivity index (χ1n) is 3.97. The van der Waals surface area contributed by atoms with Crippen molar-refractivity contribution in [3.63, 3.8) is 0 Å². The average Bonchev–Trinajstić information content (AvgIpc) is 2.00. The Balaban J connectivity index is 4.08. The van der Waals surface area contributed by atoms with Crippen molar-refractivity contribution in [1.29, 1.82) is 0 Å². The number of rotatable bonds is 4.